The van der Waals surface area contributed by atoms with Gasteiger partial charge < -0.3 is 4.42 Å². The zero-order valence-corrected chi connectivity index (χ0v) is 13.1. The molecule has 0 fully saturated rings. The monoisotopic (exact) mass is 328 g/mol. The average molecular weight is 329 g/mol. The highest BCUT2D eigenvalue weighted by atomic mass is 35.5. The van der Waals surface area contributed by atoms with Gasteiger partial charge in [0.2, 0.25) is 0 Å². The molecule has 0 atom stereocenters. The van der Waals surface area contributed by atoms with E-state index in [1.807, 2.05) is 30.3 Å². The van der Waals surface area contributed by atoms with Gasteiger partial charge in [-0.1, -0.05) is 23.7 Å². The second-order valence-electron chi connectivity index (χ2n) is 5.44. The third-order valence-electron chi connectivity index (χ3n) is 3.96. The average Bonchev–Trinajstić information content (AvgIpc) is 2.99. The van der Waals surface area contributed by atoms with E-state index in [1.165, 1.54) is 0 Å². The molecule has 1 heterocycles. The molecule has 0 aliphatic carbocycles. The molecule has 3 aromatic carbocycles. The SMILES string of the molecule is N#Cc1cc(C#N)cc(-c2cccc3oc4ccc(Cl)cc4c23)c1. The van der Waals surface area contributed by atoms with E-state index in [1.54, 1.807) is 24.3 Å². The lowest BCUT2D eigenvalue weighted by molar-refractivity contribution is 0.669. The Morgan fingerprint density at radius 1 is 0.833 bits per heavy atom. The molecule has 0 aliphatic rings. The summed E-state index contributed by atoms with van der Waals surface area (Å²) in [5.74, 6) is 0. The first-order chi connectivity index (χ1) is 11.7. The van der Waals surface area contributed by atoms with Crippen LogP contribution in [0.3, 0.4) is 0 Å². The number of furan rings is 1. The molecule has 112 valence electrons. The third kappa shape index (κ3) is 2.20. The third-order valence-corrected chi connectivity index (χ3v) is 4.19. The Kier molecular flexibility index (Phi) is 3.24. The normalized spacial score (nSPS) is 10.6. The maximum atomic E-state index is 9.21. The topological polar surface area (TPSA) is 60.7 Å². The molecule has 0 N–H and O–H groups in total. The first-order valence-corrected chi connectivity index (χ1v) is 7.64. The molecule has 4 rings (SSSR count). The molecular weight excluding hydrogens is 320 g/mol. The lowest BCUT2D eigenvalue weighted by atomic mass is 9.96. The summed E-state index contributed by atoms with van der Waals surface area (Å²) in [7, 11) is 0. The van der Waals surface area contributed by atoms with Crippen LogP contribution in [-0.4, -0.2) is 0 Å². The van der Waals surface area contributed by atoms with E-state index in [0.29, 0.717) is 16.1 Å². The molecule has 0 radical (unpaired) electrons. The maximum absolute atomic E-state index is 9.21. The molecule has 24 heavy (non-hydrogen) atoms. The summed E-state index contributed by atoms with van der Waals surface area (Å²) in [6.07, 6.45) is 0. The smallest absolute Gasteiger partial charge is 0.136 e. The minimum Gasteiger partial charge on any atom is -0.456 e. The van der Waals surface area contributed by atoms with Crippen molar-refractivity contribution in [1.29, 1.82) is 10.5 Å². The highest BCUT2D eigenvalue weighted by Gasteiger charge is 2.13. The van der Waals surface area contributed by atoms with Crippen LogP contribution in [0.1, 0.15) is 11.1 Å². The Morgan fingerprint density at radius 2 is 1.58 bits per heavy atom. The van der Waals surface area contributed by atoms with Crippen LogP contribution in [-0.2, 0) is 0 Å². The summed E-state index contributed by atoms with van der Waals surface area (Å²) in [5, 5.41) is 20.9. The molecule has 1 aromatic heterocycles. The summed E-state index contributed by atoms with van der Waals surface area (Å²) in [5.41, 5.74) is 4.10. The summed E-state index contributed by atoms with van der Waals surface area (Å²) in [6.45, 7) is 0. The van der Waals surface area contributed by atoms with Crippen LogP contribution in [0.25, 0.3) is 33.1 Å². The molecule has 0 bridgehead atoms. The highest BCUT2D eigenvalue weighted by Crippen LogP contribution is 2.38. The van der Waals surface area contributed by atoms with Crippen molar-refractivity contribution < 1.29 is 4.42 Å². The second kappa shape index (κ2) is 5.42. The number of nitriles is 2. The largest absolute Gasteiger partial charge is 0.456 e. The number of fused-ring (bicyclic) bond motifs is 3. The fourth-order valence-electron chi connectivity index (χ4n) is 2.95. The van der Waals surface area contributed by atoms with Crippen molar-refractivity contribution in [2.75, 3.05) is 0 Å². The second-order valence-corrected chi connectivity index (χ2v) is 5.88. The van der Waals surface area contributed by atoms with E-state index in [4.69, 9.17) is 16.0 Å². The van der Waals surface area contributed by atoms with Gasteiger partial charge in [0, 0.05) is 15.8 Å². The van der Waals surface area contributed by atoms with Gasteiger partial charge in [0.15, 0.2) is 0 Å². The van der Waals surface area contributed by atoms with Crippen molar-refractivity contribution in [2.24, 2.45) is 0 Å². The van der Waals surface area contributed by atoms with Crippen molar-refractivity contribution in [3.8, 4) is 23.3 Å². The molecule has 3 nitrogen and oxygen atoms in total. The van der Waals surface area contributed by atoms with Gasteiger partial charge in [-0.2, -0.15) is 10.5 Å². The molecule has 0 unspecified atom stereocenters. The van der Waals surface area contributed by atoms with E-state index in [-0.39, 0.29) is 0 Å². The molecule has 0 amide bonds. The predicted molar refractivity (Wildman–Crippen MR) is 93.6 cm³/mol. The molecular formula is C20H9ClN2O. The van der Waals surface area contributed by atoms with E-state index < -0.39 is 0 Å². The zero-order valence-electron chi connectivity index (χ0n) is 12.4. The van der Waals surface area contributed by atoms with Gasteiger partial charge in [0.25, 0.3) is 0 Å². The van der Waals surface area contributed by atoms with Gasteiger partial charge in [-0.25, -0.2) is 0 Å². The molecule has 4 heteroatoms. The van der Waals surface area contributed by atoms with Gasteiger partial charge in [0.1, 0.15) is 11.2 Å². The van der Waals surface area contributed by atoms with E-state index >= 15 is 0 Å². The number of benzene rings is 3. The number of hydrogen-bond acceptors (Lipinski definition) is 3. The van der Waals surface area contributed by atoms with Gasteiger partial charge in [0.05, 0.1) is 23.3 Å². The van der Waals surface area contributed by atoms with Crippen LogP contribution < -0.4 is 0 Å². The lowest BCUT2D eigenvalue weighted by Crippen LogP contribution is -1.85. The van der Waals surface area contributed by atoms with Gasteiger partial charge in [-0.3, -0.25) is 0 Å². The molecule has 0 aliphatic heterocycles. The summed E-state index contributed by atoms with van der Waals surface area (Å²) < 4.78 is 5.89. The number of rotatable bonds is 1. The fourth-order valence-corrected chi connectivity index (χ4v) is 3.12. The van der Waals surface area contributed by atoms with Crippen LogP contribution in [0.4, 0.5) is 0 Å². The van der Waals surface area contributed by atoms with Gasteiger partial charge in [-0.15, -0.1) is 0 Å². The zero-order chi connectivity index (χ0) is 16.7. The van der Waals surface area contributed by atoms with Gasteiger partial charge >= 0.3 is 0 Å². The van der Waals surface area contributed by atoms with Crippen LogP contribution in [0.15, 0.2) is 59.0 Å². The van der Waals surface area contributed by atoms with Gasteiger partial charge in [-0.05, 0) is 53.6 Å². The van der Waals surface area contributed by atoms with Crippen molar-refractivity contribution >= 4 is 33.5 Å². The Balaban J connectivity index is 2.11. The summed E-state index contributed by atoms with van der Waals surface area (Å²) in [4.78, 5) is 0. The number of halogens is 1. The minimum atomic E-state index is 0.451. The molecule has 0 spiro atoms. The minimum absolute atomic E-state index is 0.451. The van der Waals surface area contributed by atoms with Crippen LogP contribution in [0.5, 0.6) is 0 Å². The predicted octanol–water partition coefficient (Wildman–Crippen LogP) is 5.65. The van der Waals surface area contributed by atoms with Crippen molar-refractivity contribution in [2.45, 2.75) is 0 Å². The number of nitrogens with zero attached hydrogens (tertiary/aromatic N) is 2. The van der Waals surface area contributed by atoms with Crippen molar-refractivity contribution in [3.05, 3.63) is 70.7 Å². The summed E-state index contributed by atoms with van der Waals surface area (Å²) >= 11 is 6.14. The first kappa shape index (κ1) is 14.3. The van der Waals surface area contributed by atoms with Crippen LogP contribution >= 0.6 is 11.6 Å². The Labute approximate surface area is 142 Å². The van der Waals surface area contributed by atoms with E-state index in [0.717, 1.165) is 33.1 Å². The Bertz CT molecular complexity index is 1160. The summed E-state index contributed by atoms with van der Waals surface area (Å²) in [6, 6.07) is 20.6. The molecule has 4 aromatic rings. The Hall–Kier alpha value is -3.27. The fraction of sp³-hybridized carbons (Fsp3) is 0. The van der Waals surface area contributed by atoms with Crippen LogP contribution in [0.2, 0.25) is 5.02 Å². The van der Waals surface area contributed by atoms with Crippen LogP contribution in [0, 0.1) is 22.7 Å². The van der Waals surface area contributed by atoms with E-state index in [2.05, 4.69) is 12.1 Å². The molecule has 0 saturated carbocycles. The standard InChI is InChI=1S/C20H9ClN2O/c21-15-4-5-18-17(9-15)20-16(2-1-3-19(20)24-18)14-7-12(10-22)6-13(8-14)11-23/h1-9H. The quantitative estimate of drug-likeness (QED) is 0.453. The van der Waals surface area contributed by atoms with Crippen molar-refractivity contribution in [3.63, 3.8) is 0 Å². The van der Waals surface area contributed by atoms with E-state index in [9.17, 15) is 10.5 Å². The maximum Gasteiger partial charge on any atom is 0.136 e. The molecule has 0 saturated heterocycles. The first-order valence-electron chi connectivity index (χ1n) is 7.26. The number of hydrogen-bond donors (Lipinski definition) is 0. The lowest BCUT2D eigenvalue weighted by Gasteiger charge is -2.05. The highest BCUT2D eigenvalue weighted by molar-refractivity contribution is 6.32. The Morgan fingerprint density at radius 3 is 2.29 bits per heavy atom. The van der Waals surface area contributed by atoms with Crippen molar-refractivity contribution in [1.82, 2.24) is 0 Å².